The van der Waals surface area contributed by atoms with E-state index < -0.39 is 42.3 Å². The quantitative estimate of drug-likeness (QED) is 0.201. The average Bonchev–Trinajstić information content (AvgIpc) is 2.75. The number of nitrogens with zero attached hydrogens (tertiary/aromatic N) is 3. The molecule has 31 heavy (non-hydrogen) atoms. The number of imide groups is 1. The molecule has 1 aliphatic rings. The van der Waals surface area contributed by atoms with E-state index in [1.54, 1.807) is 0 Å². The number of hydrogen-bond acceptors (Lipinski definition) is 7. The van der Waals surface area contributed by atoms with Gasteiger partial charge in [0.25, 0.3) is 0 Å². The van der Waals surface area contributed by atoms with Gasteiger partial charge in [0.1, 0.15) is 6.04 Å². The molecule has 1 aliphatic heterocycles. The highest BCUT2D eigenvalue weighted by molar-refractivity contribution is 6.02. The molecule has 0 radical (unpaired) electrons. The maximum atomic E-state index is 13.9. The van der Waals surface area contributed by atoms with Gasteiger partial charge in [-0.3, -0.25) is 0 Å². The van der Waals surface area contributed by atoms with Crippen LogP contribution in [0.1, 0.15) is 11.6 Å². The number of hydrogen-bond donors (Lipinski definition) is 3. The first-order valence-electron chi connectivity index (χ1n) is 8.59. The van der Waals surface area contributed by atoms with Gasteiger partial charge in [0.2, 0.25) is 0 Å². The minimum absolute atomic E-state index is 0.0245. The number of halogens is 2. The van der Waals surface area contributed by atoms with Crippen LogP contribution >= 0.6 is 0 Å². The molecule has 11 nitrogen and oxygen atoms in total. The van der Waals surface area contributed by atoms with Gasteiger partial charge in [0, 0.05) is 7.11 Å². The second-order valence-corrected chi connectivity index (χ2v) is 6.03. The topological polar surface area (TPSA) is 142 Å². The Morgan fingerprint density at radius 2 is 2.03 bits per heavy atom. The Morgan fingerprint density at radius 3 is 2.58 bits per heavy atom. The van der Waals surface area contributed by atoms with Gasteiger partial charge in [-0.1, -0.05) is 11.2 Å². The van der Waals surface area contributed by atoms with E-state index in [4.69, 9.17) is 14.7 Å². The van der Waals surface area contributed by atoms with E-state index in [-0.39, 0.29) is 29.3 Å². The number of urea groups is 2. The molecule has 0 spiro atoms. The number of rotatable bonds is 6. The van der Waals surface area contributed by atoms with Crippen LogP contribution in [0.2, 0.25) is 0 Å². The van der Waals surface area contributed by atoms with Gasteiger partial charge in [0.05, 0.1) is 31.5 Å². The fourth-order valence-corrected chi connectivity index (χ4v) is 2.84. The third kappa shape index (κ3) is 5.01. The Kier molecular flexibility index (Phi) is 7.74. The van der Waals surface area contributed by atoms with Crippen molar-refractivity contribution in [3.63, 3.8) is 0 Å². The standard InChI is InChI=1S/C18H19F2N5O6/c1-21-13(24-29)7-22-17(27)25-15(9-4-5-10(19)11(20)6-9)14(16(26)31-3)12(8-30-2)23-18(25)28/h4-6,15,29H,1,7-8H2,2-3H3,(H,22,27)(H,23,28)/b24-13+. The zero-order valence-electron chi connectivity index (χ0n) is 16.5. The molecule has 1 unspecified atom stereocenters. The highest BCUT2D eigenvalue weighted by atomic mass is 19.2. The summed E-state index contributed by atoms with van der Waals surface area (Å²) >= 11 is 0. The van der Waals surface area contributed by atoms with Crippen molar-refractivity contribution in [1.82, 2.24) is 15.5 Å². The Hall–Kier alpha value is -3.87. The summed E-state index contributed by atoms with van der Waals surface area (Å²) in [5.41, 5.74) is -0.345. The van der Waals surface area contributed by atoms with E-state index >= 15 is 0 Å². The maximum absolute atomic E-state index is 13.9. The number of nitrogens with one attached hydrogen (secondary N) is 2. The van der Waals surface area contributed by atoms with E-state index in [1.165, 1.54) is 7.11 Å². The lowest BCUT2D eigenvalue weighted by atomic mass is 9.93. The molecule has 2 rings (SSSR count). The highest BCUT2D eigenvalue weighted by Gasteiger charge is 2.43. The van der Waals surface area contributed by atoms with Gasteiger partial charge in [-0.2, -0.15) is 0 Å². The fourth-order valence-electron chi connectivity index (χ4n) is 2.84. The van der Waals surface area contributed by atoms with Gasteiger partial charge in [-0.15, -0.1) is 0 Å². The summed E-state index contributed by atoms with van der Waals surface area (Å²) in [7, 11) is 2.38. The first kappa shape index (κ1) is 23.4. The number of carbonyl (C=O) groups is 3. The molecule has 0 saturated carbocycles. The summed E-state index contributed by atoms with van der Waals surface area (Å²) in [5.74, 6) is -3.63. The normalized spacial score (nSPS) is 16.6. The number of oxime groups is 1. The lowest BCUT2D eigenvalue weighted by Crippen LogP contribution is -2.55. The van der Waals surface area contributed by atoms with Gasteiger partial charge >= 0.3 is 18.0 Å². The molecule has 1 atom stereocenters. The number of amidine groups is 1. The lowest BCUT2D eigenvalue weighted by Gasteiger charge is -2.36. The minimum Gasteiger partial charge on any atom is -0.466 e. The number of aliphatic imine (C=N–C) groups is 1. The Balaban J connectivity index is 2.62. The molecule has 13 heteroatoms. The monoisotopic (exact) mass is 439 g/mol. The van der Waals surface area contributed by atoms with Crippen LogP contribution in [0.4, 0.5) is 18.4 Å². The number of amides is 4. The molecule has 1 heterocycles. The summed E-state index contributed by atoms with van der Waals surface area (Å²) in [6.07, 6.45) is 0. The van der Waals surface area contributed by atoms with E-state index in [1.807, 2.05) is 0 Å². The SMILES string of the molecule is C=N/C(CNC(=O)N1C(=O)NC(COC)=C(C(=O)OC)C1c1ccc(F)c(F)c1)=N/O. The summed E-state index contributed by atoms with van der Waals surface area (Å²) in [6, 6.07) is -0.890. The molecule has 1 aromatic carbocycles. The van der Waals surface area contributed by atoms with Crippen LogP contribution in [-0.4, -0.2) is 68.1 Å². The largest absolute Gasteiger partial charge is 0.466 e. The van der Waals surface area contributed by atoms with Crippen LogP contribution in [0.15, 0.2) is 39.6 Å². The van der Waals surface area contributed by atoms with Gasteiger partial charge in [-0.25, -0.2) is 33.1 Å². The number of ether oxygens (including phenoxy) is 2. The van der Waals surface area contributed by atoms with Crippen molar-refractivity contribution in [1.29, 1.82) is 0 Å². The summed E-state index contributed by atoms with van der Waals surface area (Å²) < 4.78 is 37.2. The molecule has 0 saturated heterocycles. The molecule has 3 N–H and O–H groups in total. The van der Waals surface area contributed by atoms with Crippen LogP contribution in [0.5, 0.6) is 0 Å². The zero-order valence-corrected chi connectivity index (χ0v) is 16.5. The van der Waals surface area contributed by atoms with Gasteiger partial charge in [0.15, 0.2) is 17.5 Å². The highest BCUT2D eigenvalue weighted by Crippen LogP contribution is 2.35. The lowest BCUT2D eigenvalue weighted by molar-refractivity contribution is -0.137. The Labute approximate surface area is 175 Å². The van der Waals surface area contributed by atoms with E-state index in [9.17, 15) is 23.2 Å². The molecule has 1 aromatic rings. The number of esters is 1. The van der Waals surface area contributed by atoms with Crippen molar-refractivity contribution >= 4 is 30.6 Å². The molecule has 0 aliphatic carbocycles. The maximum Gasteiger partial charge on any atom is 0.338 e. The molecular formula is C18H19F2N5O6. The van der Waals surface area contributed by atoms with Crippen LogP contribution in [0, 0.1) is 11.6 Å². The Bertz CT molecular complexity index is 965. The van der Waals surface area contributed by atoms with Crippen molar-refractivity contribution in [2.24, 2.45) is 10.1 Å². The van der Waals surface area contributed by atoms with Crippen LogP contribution in [0.3, 0.4) is 0 Å². The number of methoxy groups -OCH3 is 2. The third-order valence-corrected chi connectivity index (χ3v) is 4.20. The van der Waals surface area contributed by atoms with Crippen molar-refractivity contribution < 1.29 is 37.8 Å². The van der Waals surface area contributed by atoms with Gasteiger partial charge < -0.3 is 25.3 Å². The molecule has 0 aromatic heterocycles. The summed E-state index contributed by atoms with van der Waals surface area (Å²) in [5, 5.41) is 16.2. The predicted octanol–water partition coefficient (Wildman–Crippen LogP) is 1.30. The second kappa shape index (κ2) is 10.2. The van der Waals surface area contributed by atoms with Crippen molar-refractivity contribution in [3.8, 4) is 0 Å². The second-order valence-electron chi connectivity index (χ2n) is 6.03. The molecular weight excluding hydrogens is 420 g/mol. The van der Waals surface area contributed by atoms with Crippen molar-refractivity contribution in [3.05, 3.63) is 46.7 Å². The molecule has 0 bridgehead atoms. The third-order valence-electron chi connectivity index (χ3n) is 4.20. The first-order chi connectivity index (χ1) is 14.8. The zero-order chi connectivity index (χ0) is 23.1. The predicted molar refractivity (Wildman–Crippen MR) is 103 cm³/mol. The molecule has 0 fully saturated rings. The van der Waals surface area contributed by atoms with Crippen LogP contribution < -0.4 is 10.6 Å². The van der Waals surface area contributed by atoms with Crippen LogP contribution in [0.25, 0.3) is 0 Å². The van der Waals surface area contributed by atoms with Crippen molar-refractivity contribution in [2.45, 2.75) is 6.04 Å². The van der Waals surface area contributed by atoms with Gasteiger partial charge in [-0.05, 0) is 24.4 Å². The first-order valence-corrected chi connectivity index (χ1v) is 8.59. The van der Waals surface area contributed by atoms with E-state index in [2.05, 4.69) is 27.5 Å². The summed E-state index contributed by atoms with van der Waals surface area (Å²) in [6.45, 7) is 2.49. The Morgan fingerprint density at radius 1 is 1.32 bits per heavy atom. The smallest absolute Gasteiger partial charge is 0.338 e. The number of benzene rings is 1. The van der Waals surface area contributed by atoms with Crippen molar-refractivity contribution in [2.75, 3.05) is 27.4 Å². The molecule has 4 amide bonds. The fraction of sp³-hybridized carbons (Fsp3) is 0.278. The number of carbonyl (C=O) groups excluding carboxylic acids is 3. The molecule has 166 valence electrons. The van der Waals surface area contributed by atoms with Crippen LogP contribution in [-0.2, 0) is 14.3 Å². The van der Waals surface area contributed by atoms with E-state index in [0.29, 0.717) is 4.90 Å². The van der Waals surface area contributed by atoms with E-state index in [0.717, 1.165) is 25.3 Å². The average molecular weight is 439 g/mol. The minimum atomic E-state index is -1.49. The summed E-state index contributed by atoms with van der Waals surface area (Å²) in [4.78, 5) is 42.0.